The summed E-state index contributed by atoms with van der Waals surface area (Å²) in [6, 6.07) is 4.05. The fourth-order valence-electron chi connectivity index (χ4n) is 1.89. The van der Waals surface area contributed by atoms with Crippen molar-refractivity contribution in [2.24, 2.45) is 0 Å². The van der Waals surface area contributed by atoms with Crippen molar-refractivity contribution in [2.45, 2.75) is 37.8 Å². The minimum absolute atomic E-state index is 0.174. The van der Waals surface area contributed by atoms with Gasteiger partial charge in [0.1, 0.15) is 6.54 Å². The van der Waals surface area contributed by atoms with Gasteiger partial charge in [-0.15, -0.1) is 0 Å². The van der Waals surface area contributed by atoms with E-state index in [0.717, 1.165) is 0 Å². The van der Waals surface area contributed by atoms with E-state index in [1.54, 1.807) is 19.9 Å². The van der Waals surface area contributed by atoms with Crippen molar-refractivity contribution in [1.82, 2.24) is 4.31 Å². The van der Waals surface area contributed by atoms with Crippen LogP contribution in [0.4, 0.5) is 18.9 Å². The number of alkyl halides is 3. The smallest absolute Gasteiger partial charge is 0.399 e. The molecule has 0 radical (unpaired) electrons. The molecule has 0 saturated carbocycles. The van der Waals surface area contributed by atoms with Gasteiger partial charge >= 0.3 is 6.18 Å². The van der Waals surface area contributed by atoms with Gasteiger partial charge in [0.2, 0.25) is 10.0 Å². The van der Waals surface area contributed by atoms with Gasteiger partial charge in [-0.05, 0) is 37.1 Å². The molecule has 4 nitrogen and oxygen atoms in total. The summed E-state index contributed by atoms with van der Waals surface area (Å²) in [6.45, 7) is 1.74. The number of aryl methyl sites for hydroxylation is 1. The van der Waals surface area contributed by atoms with Crippen LogP contribution in [0.25, 0.3) is 0 Å². The number of hydrogen-bond donors (Lipinski definition) is 1. The summed E-state index contributed by atoms with van der Waals surface area (Å²) < 4.78 is 63.1. The van der Waals surface area contributed by atoms with Crippen LogP contribution < -0.4 is 5.73 Å². The Morgan fingerprint density at radius 2 is 1.86 bits per heavy atom. The summed E-state index contributed by atoms with van der Waals surface area (Å²) in [5, 5.41) is 0. The summed E-state index contributed by atoms with van der Waals surface area (Å²) in [4.78, 5) is -0.208. The van der Waals surface area contributed by atoms with Crippen LogP contribution in [-0.4, -0.2) is 32.0 Å². The molecule has 0 aliphatic carbocycles. The zero-order valence-electron chi connectivity index (χ0n) is 11.9. The predicted octanol–water partition coefficient (Wildman–Crippen LogP) is 2.93. The molecule has 0 atom stereocenters. The lowest BCUT2D eigenvalue weighted by molar-refractivity contribution is -0.136. The normalized spacial score (nSPS) is 12.9. The maximum atomic E-state index is 12.6. The van der Waals surface area contributed by atoms with E-state index in [1.165, 1.54) is 12.1 Å². The highest BCUT2D eigenvalue weighted by atomic mass is 32.2. The maximum absolute atomic E-state index is 12.6. The second kappa shape index (κ2) is 6.65. The van der Waals surface area contributed by atoms with Crippen LogP contribution in [0.15, 0.2) is 23.1 Å². The maximum Gasteiger partial charge on any atom is 0.402 e. The zero-order valence-corrected chi connectivity index (χ0v) is 12.8. The van der Waals surface area contributed by atoms with Gasteiger partial charge < -0.3 is 5.73 Å². The second-order valence-corrected chi connectivity index (χ2v) is 6.82. The first-order chi connectivity index (χ1) is 9.56. The number of halogens is 3. The molecule has 120 valence electrons. The lowest BCUT2D eigenvalue weighted by Gasteiger charge is -2.23. The highest BCUT2D eigenvalue weighted by molar-refractivity contribution is 7.89. The molecule has 0 aromatic heterocycles. The number of rotatable bonds is 6. The topological polar surface area (TPSA) is 63.4 Å². The van der Waals surface area contributed by atoms with Gasteiger partial charge in [-0.3, -0.25) is 0 Å². The second-order valence-electron chi connectivity index (χ2n) is 4.89. The molecule has 2 N–H and O–H groups in total. The number of anilines is 1. The third kappa shape index (κ3) is 5.20. The molecule has 0 saturated heterocycles. The Bertz CT molecular complexity index is 565. The van der Waals surface area contributed by atoms with E-state index < -0.39 is 22.7 Å². The number of nitrogen functional groups attached to an aromatic ring is 1. The first-order valence-electron chi connectivity index (χ1n) is 6.50. The van der Waals surface area contributed by atoms with Crippen LogP contribution in [0.3, 0.4) is 0 Å². The van der Waals surface area contributed by atoms with E-state index in [4.69, 9.17) is 5.73 Å². The van der Waals surface area contributed by atoms with Crippen LogP contribution in [-0.2, 0) is 10.0 Å². The summed E-state index contributed by atoms with van der Waals surface area (Å²) >= 11 is 0. The Balaban J connectivity index is 3.19. The van der Waals surface area contributed by atoms with Gasteiger partial charge in [-0.1, -0.05) is 13.3 Å². The highest BCUT2D eigenvalue weighted by Crippen LogP contribution is 2.25. The van der Waals surface area contributed by atoms with Crippen molar-refractivity contribution >= 4 is 15.7 Å². The number of nitrogens with two attached hydrogens (primary N) is 1. The van der Waals surface area contributed by atoms with Gasteiger partial charge in [-0.2, -0.15) is 17.5 Å². The average Bonchev–Trinajstić information content (AvgIpc) is 2.31. The molecule has 1 aromatic carbocycles. The molecule has 8 heteroatoms. The molecule has 0 spiro atoms. The molecule has 0 aliphatic rings. The number of nitrogens with zero attached hydrogens (tertiary/aromatic N) is 1. The number of hydrogen-bond acceptors (Lipinski definition) is 3. The summed E-state index contributed by atoms with van der Waals surface area (Å²) in [5.41, 5.74) is 6.36. The molecule has 0 unspecified atom stereocenters. The van der Waals surface area contributed by atoms with E-state index >= 15 is 0 Å². The third-order valence-electron chi connectivity index (χ3n) is 2.83. The fourth-order valence-corrected chi connectivity index (χ4v) is 3.50. The van der Waals surface area contributed by atoms with Crippen molar-refractivity contribution in [2.75, 3.05) is 18.8 Å². The molecule has 0 heterocycles. The van der Waals surface area contributed by atoms with Crippen molar-refractivity contribution < 1.29 is 21.6 Å². The van der Waals surface area contributed by atoms with Crippen LogP contribution in [0.1, 0.15) is 25.3 Å². The number of benzene rings is 1. The summed E-state index contributed by atoms with van der Waals surface area (Å²) in [5.74, 6) is 0. The van der Waals surface area contributed by atoms with E-state index in [9.17, 15) is 21.6 Å². The van der Waals surface area contributed by atoms with Crippen LogP contribution >= 0.6 is 0 Å². The molecular weight excluding hydrogens is 305 g/mol. The number of unbranched alkanes of at least 4 members (excludes halogenated alkanes) is 1. The van der Waals surface area contributed by atoms with E-state index in [0.29, 0.717) is 22.7 Å². The van der Waals surface area contributed by atoms with Crippen molar-refractivity contribution in [3.05, 3.63) is 23.8 Å². The molecular formula is C13H19F3N2O2S. The molecule has 0 amide bonds. The van der Waals surface area contributed by atoms with Crippen molar-refractivity contribution in [3.63, 3.8) is 0 Å². The minimum atomic E-state index is -4.59. The molecule has 21 heavy (non-hydrogen) atoms. The van der Waals surface area contributed by atoms with Crippen LogP contribution in [0.2, 0.25) is 0 Å². The van der Waals surface area contributed by atoms with Crippen molar-refractivity contribution in [3.8, 4) is 0 Å². The lowest BCUT2D eigenvalue weighted by atomic mass is 10.2. The lowest BCUT2D eigenvalue weighted by Crippen LogP contribution is -2.39. The Kier molecular flexibility index (Phi) is 5.63. The Morgan fingerprint density at radius 1 is 1.24 bits per heavy atom. The Hall–Kier alpha value is -1.28. The average molecular weight is 324 g/mol. The predicted molar refractivity (Wildman–Crippen MR) is 75.3 cm³/mol. The SMILES string of the molecule is CCCCN(CC(F)(F)F)S(=O)(=O)c1cc(C)cc(N)c1. The highest BCUT2D eigenvalue weighted by Gasteiger charge is 2.36. The number of sulfonamides is 1. The van der Waals surface area contributed by atoms with Gasteiger partial charge in [0, 0.05) is 12.2 Å². The largest absolute Gasteiger partial charge is 0.402 e. The third-order valence-corrected chi connectivity index (χ3v) is 4.65. The van der Waals surface area contributed by atoms with Crippen LogP contribution in [0, 0.1) is 6.92 Å². The summed E-state index contributed by atoms with van der Waals surface area (Å²) in [6.07, 6.45) is -3.63. The van der Waals surface area contributed by atoms with Crippen molar-refractivity contribution in [1.29, 1.82) is 0 Å². The minimum Gasteiger partial charge on any atom is -0.399 e. The molecule has 0 fully saturated rings. The standard InChI is InChI=1S/C13H19F3N2O2S/c1-3-4-5-18(9-13(14,15)16)21(19,20)12-7-10(2)6-11(17)8-12/h6-8H,3-5,9,17H2,1-2H3. The van der Waals surface area contributed by atoms with E-state index in [1.807, 2.05) is 0 Å². The van der Waals surface area contributed by atoms with Gasteiger partial charge in [0.05, 0.1) is 4.90 Å². The monoisotopic (exact) mass is 324 g/mol. The Morgan fingerprint density at radius 3 is 2.33 bits per heavy atom. The summed E-state index contributed by atoms with van der Waals surface area (Å²) in [7, 11) is -4.22. The Labute approximate surface area is 122 Å². The molecule has 1 rings (SSSR count). The quantitative estimate of drug-likeness (QED) is 0.818. The molecule has 1 aromatic rings. The van der Waals surface area contributed by atoms with E-state index in [-0.39, 0.29) is 17.1 Å². The van der Waals surface area contributed by atoms with Gasteiger partial charge in [0.15, 0.2) is 0 Å². The molecule has 0 aliphatic heterocycles. The first kappa shape index (κ1) is 17.8. The van der Waals surface area contributed by atoms with E-state index in [2.05, 4.69) is 0 Å². The molecule has 0 bridgehead atoms. The van der Waals surface area contributed by atoms with Gasteiger partial charge in [0.25, 0.3) is 0 Å². The fraction of sp³-hybridized carbons (Fsp3) is 0.538. The first-order valence-corrected chi connectivity index (χ1v) is 7.94. The van der Waals surface area contributed by atoms with Gasteiger partial charge in [-0.25, -0.2) is 8.42 Å². The van der Waals surface area contributed by atoms with Crippen LogP contribution in [0.5, 0.6) is 0 Å². The zero-order chi connectivity index (χ0) is 16.3.